The van der Waals surface area contributed by atoms with Gasteiger partial charge in [0.15, 0.2) is 0 Å². The summed E-state index contributed by atoms with van der Waals surface area (Å²) in [5.41, 5.74) is 4.56. The molecule has 0 nitrogen and oxygen atoms in total. The molecule has 0 aromatic carbocycles. The van der Waals surface area contributed by atoms with Gasteiger partial charge in [-0.15, -0.1) is 5.73 Å². The Morgan fingerprint density at radius 3 is 2.71 bits per heavy atom. The Bertz CT molecular complexity index is 125. The highest BCUT2D eigenvalue weighted by molar-refractivity contribution is 5.09. The Kier molecular flexibility index (Phi) is 1.04. The Morgan fingerprint density at radius 2 is 2.57 bits per heavy atom. The van der Waals surface area contributed by atoms with Crippen LogP contribution in [0.4, 0.5) is 0 Å². The van der Waals surface area contributed by atoms with Crippen molar-refractivity contribution < 1.29 is 0 Å². The van der Waals surface area contributed by atoms with Crippen molar-refractivity contribution in [3.8, 4) is 0 Å². The summed E-state index contributed by atoms with van der Waals surface area (Å²) in [4.78, 5) is 0. The largest absolute Gasteiger partial charge is 0.126 e. The van der Waals surface area contributed by atoms with Gasteiger partial charge in [0.05, 0.1) is 0 Å². The fraction of sp³-hybridized carbons (Fsp3) is 0.571. The van der Waals surface area contributed by atoms with Crippen molar-refractivity contribution in [2.75, 3.05) is 0 Å². The molecule has 1 rings (SSSR count). The summed E-state index contributed by atoms with van der Waals surface area (Å²) in [5.74, 6) is 0.764. The van der Waals surface area contributed by atoms with Gasteiger partial charge in [-0.05, 0) is 30.9 Å². The van der Waals surface area contributed by atoms with Crippen molar-refractivity contribution in [3.63, 3.8) is 0 Å². The molecule has 0 heterocycles. The van der Waals surface area contributed by atoms with Crippen molar-refractivity contribution in [2.45, 2.75) is 20.3 Å². The maximum Gasteiger partial charge on any atom is -0.0118 e. The standard InChI is InChI=1S/C7H10/c1-6-4-3-5-7(6)2/h3,6H,4H2,1-2H3. The highest BCUT2D eigenvalue weighted by Crippen LogP contribution is 2.17. The molecule has 0 fully saturated rings. The zero-order valence-corrected chi connectivity index (χ0v) is 4.86. The van der Waals surface area contributed by atoms with Crippen molar-refractivity contribution in [2.24, 2.45) is 5.92 Å². The normalized spacial score (nSPS) is 28.3. The highest BCUT2D eigenvalue weighted by atomic mass is 14.1. The maximum absolute atomic E-state index is 3.16. The van der Waals surface area contributed by atoms with Gasteiger partial charge in [-0.25, -0.2) is 0 Å². The molecule has 0 saturated heterocycles. The molecule has 0 saturated carbocycles. The van der Waals surface area contributed by atoms with Crippen LogP contribution in [0.2, 0.25) is 0 Å². The van der Waals surface area contributed by atoms with Gasteiger partial charge in [-0.1, -0.05) is 6.92 Å². The van der Waals surface area contributed by atoms with E-state index in [-0.39, 0.29) is 0 Å². The van der Waals surface area contributed by atoms with Gasteiger partial charge >= 0.3 is 0 Å². The molecule has 0 radical (unpaired) electrons. The minimum absolute atomic E-state index is 0.764. The Morgan fingerprint density at radius 1 is 1.86 bits per heavy atom. The van der Waals surface area contributed by atoms with Gasteiger partial charge in [-0.3, -0.25) is 0 Å². The number of hydrogen-bond acceptors (Lipinski definition) is 0. The van der Waals surface area contributed by atoms with E-state index in [4.69, 9.17) is 0 Å². The molecule has 0 bridgehead atoms. The molecule has 0 amide bonds. The van der Waals surface area contributed by atoms with E-state index in [0.717, 1.165) is 5.92 Å². The van der Waals surface area contributed by atoms with Gasteiger partial charge in [0.2, 0.25) is 0 Å². The lowest BCUT2D eigenvalue weighted by Gasteiger charge is -1.98. The average Bonchev–Trinajstić information content (AvgIpc) is 1.91. The first-order valence-corrected chi connectivity index (χ1v) is 2.72. The van der Waals surface area contributed by atoms with E-state index in [0.29, 0.717) is 0 Å². The van der Waals surface area contributed by atoms with Crippen LogP contribution in [0.15, 0.2) is 17.4 Å². The predicted octanol–water partition coefficient (Wildman–Crippen LogP) is 2.13. The summed E-state index contributed by atoms with van der Waals surface area (Å²) in [7, 11) is 0. The molecule has 0 aliphatic heterocycles. The van der Waals surface area contributed by atoms with E-state index in [1.54, 1.807) is 0 Å². The van der Waals surface area contributed by atoms with Crippen molar-refractivity contribution >= 4 is 0 Å². The van der Waals surface area contributed by atoms with E-state index in [2.05, 4.69) is 25.7 Å². The predicted molar refractivity (Wildman–Crippen MR) is 31.1 cm³/mol. The molecule has 0 aromatic heterocycles. The van der Waals surface area contributed by atoms with Crippen LogP contribution in [-0.4, -0.2) is 0 Å². The second-order valence-electron chi connectivity index (χ2n) is 2.17. The fourth-order valence-electron chi connectivity index (χ4n) is 0.716. The van der Waals surface area contributed by atoms with Crippen LogP contribution in [0, 0.1) is 5.92 Å². The molecule has 7 heavy (non-hydrogen) atoms. The summed E-state index contributed by atoms with van der Waals surface area (Å²) in [5, 5.41) is 0. The highest BCUT2D eigenvalue weighted by Gasteiger charge is 2.03. The number of rotatable bonds is 0. The van der Waals surface area contributed by atoms with Gasteiger partial charge in [-0.2, -0.15) is 0 Å². The van der Waals surface area contributed by atoms with Gasteiger partial charge in [0.25, 0.3) is 0 Å². The van der Waals surface area contributed by atoms with Crippen molar-refractivity contribution in [1.82, 2.24) is 0 Å². The number of hydrogen-bond donors (Lipinski definition) is 0. The van der Waals surface area contributed by atoms with Gasteiger partial charge < -0.3 is 0 Å². The zero-order valence-electron chi connectivity index (χ0n) is 4.86. The van der Waals surface area contributed by atoms with Crippen LogP contribution in [-0.2, 0) is 0 Å². The fourth-order valence-corrected chi connectivity index (χ4v) is 0.716. The third-order valence-electron chi connectivity index (χ3n) is 1.54. The molecule has 0 N–H and O–H groups in total. The third-order valence-corrected chi connectivity index (χ3v) is 1.54. The van der Waals surface area contributed by atoms with Crippen LogP contribution in [0.3, 0.4) is 0 Å². The zero-order chi connectivity index (χ0) is 5.28. The first kappa shape index (κ1) is 4.67. The van der Waals surface area contributed by atoms with Crippen LogP contribution in [0.25, 0.3) is 0 Å². The van der Waals surface area contributed by atoms with Gasteiger partial charge in [0, 0.05) is 0 Å². The summed E-state index contributed by atoms with van der Waals surface area (Å²) in [6, 6.07) is 0. The molecule has 1 unspecified atom stereocenters. The second-order valence-corrected chi connectivity index (χ2v) is 2.17. The lowest BCUT2D eigenvalue weighted by Crippen LogP contribution is -1.86. The molecule has 1 atom stereocenters. The lowest BCUT2D eigenvalue weighted by molar-refractivity contribution is 0.718. The molecule has 1 aliphatic rings. The molecule has 0 heteroatoms. The lowest BCUT2D eigenvalue weighted by atomic mass is 10.1. The quantitative estimate of drug-likeness (QED) is 0.403. The second kappa shape index (κ2) is 1.55. The summed E-state index contributed by atoms with van der Waals surface area (Å²) in [6.45, 7) is 4.36. The van der Waals surface area contributed by atoms with E-state index >= 15 is 0 Å². The van der Waals surface area contributed by atoms with E-state index < -0.39 is 0 Å². The minimum atomic E-state index is 0.764. The molecule has 0 aromatic rings. The minimum Gasteiger partial charge on any atom is -0.126 e. The van der Waals surface area contributed by atoms with Crippen molar-refractivity contribution in [1.29, 1.82) is 0 Å². The smallest absolute Gasteiger partial charge is 0.0118 e. The summed E-state index contributed by atoms with van der Waals surface area (Å²) < 4.78 is 0. The van der Waals surface area contributed by atoms with Crippen LogP contribution >= 0.6 is 0 Å². The van der Waals surface area contributed by atoms with E-state index in [1.807, 2.05) is 0 Å². The average molecular weight is 94.2 g/mol. The van der Waals surface area contributed by atoms with Crippen LogP contribution in [0.1, 0.15) is 20.3 Å². The molecular formula is C7H10. The van der Waals surface area contributed by atoms with Crippen LogP contribution < -0.4 is 0 Å². The van der Waals surface area contributed by atoms with E-state index in [1.165, 1.54) is 12.0 Å². The first-order valence-electron chi connectivity index (χ1n) is 2.72. The third kappa shape index (κ3) is 0.755. The summed E-state index contributed by atoms with van der Waals surface area (Å²) in [6.07, 6.45) is 3.31. The Balaban J connectivity index is 2.70. The molecule has 1 aliphatic carbocycles. The van der Waals surface area contributed by atoms with Gasteiger partial charge in [0.1, 0.15) is 0 Å². The molecule has 38 valence electrons. The van der Waals surface area contributed by atoms with Crippen LogP contribution in [0.5, 0.6) is 0 Å². The molecule has 0 spiro atoms. The maximum atomic E-state index is 3.16. The SMILES string of the molecule is CC1=C=CCC1C. The summed E-state index contributed by atoms with van der Waals surface area (Å²) >= 11 is 0. The first-order chi connectivity index (χ1) is 3.30. The monoisotopic (exact) mass is 94.1 g/mol. The topological polar surface area (TPSA) is 0 Å². The Labute approximate surface area is 44.5 Å². The van der Waals surface area contributed by atoms with Crippen molar-refractivity contribution in [3.05, 3.63) is 17.4 Å². The number of allylic oxidation sites excluding steroid dienone is 1. The Hall–Kier alpha value is -0.480. The molecular weight excluding hydrogens is 84.1 g/mol. The van der Waals surface area contributed by atoms with E-state index in [9.17, 15) is 0 Å².